The van der Waals surface area contributed by atoms with Gasteiger partial charge in [-0.05, 0) is 31.0 Å². The summed E-state index contributed by atoms with van der Waals surface area (Å²) < 4.78 is 5.35. The number of nitrogens with one attached hydrogen (secondary N) is 1. The van der Waals surface area contributed by atoms with Crippen LogP contribution >= 0.6 is 34.5 Å². The quantitative estimate of drug-likeness (QED) is 0.897. The van der Waals surface area contributed by atoms with Gasteiger partial charge in [0.25, 0.3) is 5.91 Å². The molecule has 1 aliphatic rings. The summed E-state index contributed by atoms with van der Waals surface area (Å²) in [6.45, 7) is -0.153. The third kappa shape index (κ3) is 3.84. The number of rotatable bonds is 5. The van der Waals surface area contributed by atoms with Crippen LogP contribution in [0, 0.1) is 0 Å². The SMILES string of the molecule is O=C(COc1ccc(Cl)cc1Cl)Nc1nnc(C2CC2)s1. The molecule has 1 N–H and O–H groups in total. The van der Waals surface area contributed by atoms with Gasteiger partial charge in [-0.3, -0.25) is 10.1 Å². The standard InChI is InChI=1S/C13H11Cl2N3O2S/c14-8-3-4-10(9(15)5-8)20-6-11(19)16-13-18-17-12(21-13)7-1-2-7/h3-5,7H,1-2,6H2,(H,16,18,19). The van der Waals surface area contributed by atoms with E-state index in [2.05, 4.69) is 15.5 Å². The summed E-state index contributed by atoms with van der Waals surface area (Å²) in [5, 5.41) is 13.0. The molecule has 1 aliphatic carbocycles. The van der Waals surface area contributed by atoms with Crippen molar-refractivity contribution in [3.8, 4) is 5.75 Å². The molecule has 1 heterocycles. The molecule has 0 unspecified atom stereocenters. The van der Waals surface area contributed by atoms with Crippen LogP contribution < -0.4 is 10.1 Å². The fraction of sp³-hybridized carbons (Fsp3) is 0.308. The van der Waals surface area contributed by atoms with E-state index in [-0.39, 0.29) is 12.5 Å². The molecule has 0 spiro atoms. The Kier molecular flexibility index (Phi) is 4.28. The van der Waals surface area contributed by atoms with Gasteiger partial charge in [0.1, 0.15) is 10.8 Å². The predicted octanol–water partition coefficient (Wildman–Crippen LogP) is 3.74. The van der Waals surface area contributed by atoms with Crippen LogP contribution in [0.1, 0.15) is 23.8 Å². The number of nitrogens with zero attached hydrogens (tertiary/aromatic N) is 2. The second kappa shape index (κ2) is 6.17. The van der Waals surface area contributed by atoms with Crippen molar-refractivity contribution in [3.63, 3.8) is 0 Å². The molecule has 1 aromatic heterocycles. The summed E-state index contributed by atoms with van der Waals surface area (Å²) in [5.41, 5.74) is 0. The summed E-state index contributed by atoms with van der Waals surface area (Å²) in [5.74, 6) is 0.629. The zero-order valence-corrected chi connectivity index (χ0v) is 13.1. The number of halogens is 2. The number of benzene rings is 1. The van der Waals surface area contributed by atoms with Crippen LogP contribution in [0.5, 0.6) is 5.75 Å². The van der Waals surface area contributed by atoms with Gasteiger partial charge < -0.3 is 4.74 Å². The highest BCUT2D eigenvalue weighted by Crippen LogP contribution is 2.42. The minimum absolute atomic E-state index is 0.153. The maximum absolute atomic E-state index is 11.8. The number of hydrogen-bond acceptors (Lipinski definition) is 5. The first-order chi connectivity index (χ1) is 10.1. The van der Waals surface area contributed by atoms with Gasteiger partial charge in [0.05, 0.1) is 5.02 Å². The van der Waals surface area contributed by atoms with Gasteiger partial charge in [0.2, 0.25) is 5.13 Å². The van der Waals surface area contributed by atoms with Gasteiger partial charge in [-0.1, -0.05) is 34.5 Å². The fourth-order valence-corrected chi connectivity index (χ4v) is 3.06. The van der Waals surface area contributed by atoms with Crippen LogP contribution in [0.3, 0.4) is 0 Å². The largest absolute Gasteiger partial charge is 0.482 e. The van der Waals surface area contributed by atoms with Crippen LogP contribution in [0.25, 0.3) is 0 Å². The minimum atomic E-state index is -0.306. The summed E-state index contributed by atoms with van der Waals surface area (Å²) >= 11 is 13.1. The zero-order valence-electron chi connectivity index (χ0n) is 10.8. The van der Waals surface area contributed by atoms with Crippen LogP contribution in [0.2, 0.25) is 10.0 Å². The monoisotopic (exact) mass is 343 g/mol. The Morgan fingerprint density at radius 2 is 2.19 bits per heavy atom. The lowest BCUT2D eigenvalue weighted by molar-refractivity contribution is -0.118. The van der Waals surface area contributed by atoms with E-state index in [1.807, 2.05) is 0 Å². The van der Waals surface area contributed by atoms with E-state index in [0.29, 0.717) is 26.8 Å². The van der Waals surface area contributed by atoms with E-state index in [1.165, 1.54) is 11.3 Å². The van der Waals surface area contributed by atoms with Crippen molar-refractivity contribution in [3.05, 3.63) is 33.3 Å². The summed E-state index contributed by atoms with van der Waals surface area (Å²) in [6.07, 6.45) is 2.31. The van der Waals surface area contributed by atoms with Gasteiger partial charge in [-0.25, -0.2) is 0 Å². The van der Waals surface area contributed by atoms with Gasteiger partial charge >= 0.3 is 0 Å². The highest BCUT2D eigenvalue weighted by Gasteiger charge is 2.27. The number of ether oxygens (including phenoxy) is 1. The first-order valence-corrected chi connectivity index (χ1v) is 7.90. The molecule has 0 atom stereocenters. The predicted molar refractivity (Wildman–Crippen MR) is 82.5 cm³/mol. The van der Waals surface area contributed by atoms with E-state index in [1.54, 1.807) is 18.2 Å². The third-order valence-electron chi connectivity index (χ3n) is 2.87. The third-order valence-corrected chi connectivity index (χ3v) is 4.40. The Bertz CT molecular complexity index is 673. The number of carbonyl (C=O) groups is 1. The Hall–Kier alpha value is -1.37. The first-order valence-electron chi connectivity index (χ1n) is 6.33. The van der Waals surface area contributed by atoms with Crippen molar-refractivity contribution in [2.24, 2.45) is 0 Å². The molecule has 1 amide bonds. The molecular weight excluding hydrogens is 333 g/mol. The normalized spacial score (nSPS) is 14.0. The van der Waals surface area contributed by atoms with Crippen LogP contribution in [0.15, 0.2) is 18.2 Å². The average molecular weight is 344 g/mol. The second-order valence-corrected chi connectivity index (χ2v) is 6.48. The van der Waals surface area contributed by atoms with Crippen molar-refractivity contribution in [1.29, 1.82) is 0 Å². The molecule has 21 heavy (non-hydrogen) atoms. The maximum atomic E-state index is 11.8. The van der Waals surface area contributed by atoms with E-state index in [4.69, 9.17) is 27.9 Å². The summed E-state index contributed by atoms with van der Waals surface area (Å²) in [4.78, 5) is 11.8. The fourth-order valence-electron chi connectivity index (χ4n) is 1.67. The lowest BCUT2D eigenvalue weighted by Crippen LogP contribution is -2.20. The van der Waals surface area contributed by atoms with Gasteiger partial charge in [0.15, 0.2) is 6.61 Å². The van der Waals surface area contributed by atoms with E-state index >= 15 is 0 Å². The van der Waals surface area contributed by atoms with E-state index in [9.17, 15) is 4.79 Å². The second-order valence-electron chi connectivity index (χ2n) is 4.63. The van der Waals surface area contributed by atoms with Gasteiger partial charge in [-0.2, -0.15) is 0 Å². The van der Waals surface area contributed by atoms with Crippen LogP contribution in [0.4, 0.5) is 5.13 Å². The number of carbonyl (C=O) groups excluding carboxylic acids is 1. The van der Waals surface area contributed by atoms with E-state index in [0.717, 1.165) is 17.8 Å². The number of anilines is 1. The molecule has 0 bridgehead atoms. The molecule has 5 nitrogen and oxygen atoms in total. The Morgan fingerprint density at radius 1 is 1.38 bits per heavy atom. The Morgan fingerprint density at radius 3 is 2.90 bits per heavy atom. The van der Waals surface area contributed by atoms with Crippen LogP contribution in [-0.4, -0.2) is 22.7 Å². The number of amides is 1. The van der Waals surface area contributed by atoms with Crippen molar-refractivity contribution in [2.75, 3.05) is 11.9 Å². The Balaban J connectivity index is 1.53. The molecule has 1 saturated carbocycles. The highest BCUT2D eigenvalue weighted by atomic mass is 35.5. The molecule has 8 heteroatoms. The van der Waals surface area contributed by atoms with Gasteiger partial charge in [0, 0.05) is 10.9 Å². The molecule has 110 valence electrons. The summed E-state index contributed by atoms with van der Waals surface area (Å²) in [6, 6.07) is 4.82. The minimum Gasteiger partial charge on any atom is -0.482 e. The molecule has 1 aromatic carbocycles. The topological polar surface area (TPSA) is 64.1 Å². The zero-order chi connectivity index (χ0) is 14.8. The lowest BCUT2D eigenvalue weighted by atomic mass is 10.3. The maximum Gasteiger partial charge on any atom is 0.264 e. The average Bonchev–Trinajstić information content (AvgIpc) is 3.19. The summed E-state index contributed by atoms with van der Waals surface area (Å²) in [7, 11) is 0. The molecule has 0 aliphatic heterocycles. The molecule has 0 radical (unpaired) electrons. The molecule has 3 rings (SSSR count). The van der Waals surface area contributed by atoms with Crippen molar-refractivity contribution in [2.45, 2.75) is 18.8 Å². The number of aromatic nitrogens is 2. The van der Waals surface area contributed by atoms with Crippen molar-refractivity contribution in [1.82, 2.24) is 10.2 Å². The molecule has 2 aromatic rings. The molecule has 0 saturated heterocycles. The molecular formula is C13H11Cl2N3O2S. The Labute approximate surface area is 135 Å². The number of hydrogen-bond donors (Lipinski definition) is 1. The van der Waals surface area contributed by atoms with Crippen molar-refractivity contribution < 1.29 is 9.53 Å². The molecule has 1 fully saturated rings. The van der Waals surface area contributed by atoms with Crippen LogP contribution in [-0.2, 0) is 4.79 Å². The first kappa shape index (κ1) is 14.6. The van der Waals surface area contributed by atoms with Crippen molar-refractivity contribution >= 4 is 45.6 Å². The lowest BCUT2D eigenvalue weighted by Gasteiger charge is -2.07. The van der Waals surface area contributed by atoms with Gasteiger partial charge in [-0.15, -0.1) is 10.2 Å². The smallest absolute Gasteiger partial charge is 0.264 e. The van der Waals surface area contributed by atoms with E-state index < -0.39 is 0 Å². The highest BCUT2D eigenvalue weighted by molar-refractivity contribution is 7.15.